The van der Waals surface area contributed by atoms with E-state index in [9.17, 15) is 0 Å². The quantitative estimate of drug-likeness (QED) is 0.316. The van der Waals surface area contributed by atoms with Crippen LogP contribution in [0.3, 0.4) is 0 Å². The Bertz CT molecular complexity index is 354. The van der Waals surface area contributed by atoms with E-state index in [1.54, 1.807) is 11.2 Å². The minimum absolute atomic E-state index is 0.128. The van der Waals surface area contributed by atoms with E-state index >= 15 is 0 Å². The number of alkyl halides is 5. The van der Waals surface area contributed by atoms with Crippen molar-refractivity contribution in [3.63, 3.8) is 0 Å². The van der Waals surface area contributed by atoms with E-state index in [0.717, 1.165) is 13.0 Å². The third-order valence-corrected chi connectivity index (χ3v) is 5.78. The Morgan fingerprint density at radius 2 is 1.71 bits per heavy atom. The Hall–Kier alpha value is 0.720. The average molecular weight is 398 g/mol. The molecule has 21 heavy (non-hydrogen) atoms. The van der Waals surface area contributed by atoms with Crippen LogP contribution in [0.4, 0.5) is 0 Å². The number of hydrogen-bond acceptors (Lipinski definition) is 3. The van der Waals surface area contributed by atoms with Gasteiger partial charge in [-0.3, -0.25) is 5.01 Å². The first-order chi connectivity index (χ1) is 9.63. The van der Waals surface area contributed by atoms with Crippen LogP contribution in [0.15, 0.2) is 5.10 Å². The highest BCUT2D eigenvalue weighted by Crippen LogP contribution is 2.50. The van der Waals surface area contributed by atoms with Crippen LogP contribution in [0, 0.1) is 5.92 Å². The van der Waals surface area contributed by atoms with E-state index in [1.807, 2.05) is 5.01 Å². The molecular formula is C13H22Cl5N3. The van der Waals surface area contributed by atoms with E-state index in [2.05, 4.69) is 25.9 Å². The normalized spacial score (nSPS) is 20.0. The average Bonchev–Trinajstić information content (AvgIpc) is 2.77. The summed E-state index contributed by atoms with van der Waals surface area (Å²) >= 11 is 30.3. The molecule has 1 rings (SSSR count). The second-order valence-corrected chi connectivity index (χ2v) is 9.13. The van der Waals surface area contributed by atoms with Gasteiger partial charge in [-0.25, -0.2) is 0 Å². The SMILES string of the molecule is CCCCCCN1N=CN(C(Cl)(Cl)C(Cl)(Cl)Cl)C1C(C)C. The largest absolute Gasteiger partial charge is 0.304 e. The molecule has 0 spiro atoms. The second-order valence-electron chi connectivity index (χ2n) is 5.56. The molecule has 0 amide bonds. The van der Waals surface area contributed by atoms with Gasteiger partial charge in [-0.15, -0.1) is 0 Å². The van der Waals surface area contributed by atoms with Gasteiger partial charge in [0.25, 0.3) is 0 Å². The molecular weight excluding hydrogens is 375 g/mol. The molecule has 1 atom stereocenters. The number of unbranched alkanes of at least 4 members (excludes halogenated alkanes) is 3. The van der Waals surface area contributed by atoms with E-state index in [-0.39, 0.29) is 12.1 Å². The highest BCUT2D eigenvalue weighted by Gasteiger charge is 2.54. The zero-order chi connectivity index (χ0) is 16.3. The monoisotopic (exact) mass is 395 g/mol. The molecule has 124 valence electrons. The topological polar surface area (TPSA) is 18.8 Å². The third-order valence-electron chi connectivity index (χ3n) is 3.42. The van der Waals surface area contributed by atoms with Gasteiger partial charge in [-0.05, 0) is 12.3 Å². The van der Waals surface area contributed by atoms with Crippen molar-refractivity contribution in [2.24, 2.45) is 11.0 Å². The highest BCUT2D eigenvalue weighted by atomic mass is 35.6. The first-order valence-electron chi connectivity index (χ1n) is 7.16. The van der Waals surface area contributed by atoms with E-state index in [1.165, 1.54) is 19.3 Å². The number of hydrazone groups is 1. The van der Waals surface area contributed by atoms with Crippen LogP contribution in [0.25, 0.3) is 0 Å². The van der Waals surface area contributed by atoms with Crippen molar-refractivity contribution >= 4 is 64.3 Å². The van der Waals surface area contributed by atoms with Crippen molar-refractivity contribution in [2.75, 3.05) is 6.54 Å². The molecule has 0 aromatic carbocycles. The molecule has 0 radical (unpaired) electrons. The Balaban J connectivity index is 2.78. The Kier molecular flexibility index (Phi) is 7.54. The van der Waals surface area contributed by atoms with Gasteiger partial charge in [0, 0.05) is 6.54 Å². The smallest absolute Gasteiger partial charge is 0.241 e. The van der Waals surface area contributed by atoms with Gasteiger partial charge < -0.3 is 4.90 Å². The van der Waals surface area contributed by atoms with Crippen molar-refractivity contribution in [3.8, 4) is 0 Å². The van der Waals surface area contributed by atoms with Crippen molar-refractivity contribution in [1.29, 1.82) is 0 Å². The van der Waals surface area contributed by atoms with Gasteiger partial charge in [0.1, 0.15) is 12.5 Å². The molecule has 0 fully saturated rings. The first kappa shape index (κ1) is 19.8. The third kappa shape index (κ3) is 4.84. The molecule has 1 aliphatic heterocycles. The van der Waals surface area contributed by atoms with Crippen LogP contribution in [0.5, 0.6) is 0 Å². The van der Waals surface area contributed by atoms with Crippen molar-refractivity contribution in [2.45, 2.75) is 60.9 Å². The fraction of sp³-hybridized carbons (Fsp3) is 0.923. The van der Waals surface area contributed by atoms with Crippen LogP contribution in [0.1, 0.15) is 46.5 Å². The molecule has 0 N–H and O–H groups in total. The maximum Gasteiger partial charge on any atom is 0.241 e. The molecule has 0 bridgehead atoms. The fourth-order valence-electron chi connectivity index (χ4n) is 2.34. The molecule has 8 heteroatoms. The fourth-order valence-corrected chi connectivity index (χ4v) is 2.92. The van der Waals surface area contributed by atoms with Crippen molar-refractivity contribution in [3.05, 3.63) is 0 Å². The molecule has 0 saturated carbocycles. The molecule has 0 aromatic heterocycles. The number of nitrogens with zero attached hydrogens (tertiary/aromatic N) is 3. The van der Waals surface area contributed by atoms with Gasteiger partial charge in [-0.1, -0.05) is 98.0 Å². The predicted molar refractivity (Wildman–Crippen MR) is 94.5 cm³/mol. The maximum absolute atomic E-state index is 6.28. The molecule has 1 unspecified atom stereocenters. The summed E-state index contributed by atoms with van der Waals surface area (Å²) in [6, 6.07) is 0. The first-order valence-corrected chi connectivity index (χ1v) is 9.05. The van der Waals surface area contributed by atoms with Gasteiger partial charge in [0.2, 0.25) is 8.25 Å². The van der Waals surface area contributed by atoms with Crippen LogP contribution < -0.4 is 0 Å². The van der Waals surface area contributed by atoms with Crippen LogP contribution in [0.2, 0.25) is 0 Å². The summed E-state index contributed by atoms with van der Waals surface area (Å²) < 4.78 is -3.51. The van der Waals surface area contributed by atoms with Crippen LogP contribution >= 0.6 is 58.0 Å². The van der Waals surface area contributed by atoms with E-state index in [0.29, 0.717) is 0 Å². The van der Waals surface area contributed by atoms with Gasteiger partial charge in [0.05, 0.1) is 0 Å². The number of hydrogen-bond donors (Lipinski definition) is 0. The summed E-state index contributed by atoms with van der Waals surface area (Å²) in [5.74, 6) is 0.225. The minimum Gasteiger partial charge on any atom is -0.304 e. The summed E-state index contributed by atoms with van der Waals surface area (Å²) in [6.45, 7) is 7.14. The van der Waals surface area contributed by atoms with E-state index < -0.39 is 8.25 Å². The Labute approximate surface area is 152 Å². The van der Waals surface area contributed by atoms with E-state index in [4.69, 9.17) is 58.0 Å². The van der Waals surface area contributed by atoms with Crippen molar-refractivity contribution < 1.29 is 0 Å². The lowest BCUT2D eigenvalue weighted by atomic mass is 10.1. The minimum atomic E-state index is -1.84. The lowest BCUT2D eigenvalue weighted by Crippen LogP contribution is -2.56. The summed E-state index contributed by atoms with van der Waals surface area (Å²) in [5, 5.41) is 6.36. The number of halogens is 5. The zero-order valence-electron chi connectivity index (χ0n) is 12.5. The van der Waals surface area contributed by atoms with Gasteiger partial charge >= 0.3 is 0 Å². The van der Waals surface area contributed by atoms with Gasteiger partial charge in [-0.2, -0.15) is 5.10 Å². The maximum atomic E-state index is 6.28. The highest BCUT2D eigenvalue weighted by molar-refractivity contribution is 6.75. The second kappa shape index (κ2) is 8.01. The molecule has 0 aromatic rings. The Morgan fingerprint density at radius 3 is 2.19 bits per heavy atom. The molecule has 1 aliphatic rings. The lowest BCUT2D eigenvalue weighted by molar-refractivity contribution is 0.0723. The standard InChI is InChI=1S/C13H22Cl5N3/c1-4-5-6-7-8-21-11(10(2)3)20(9-19-21)13(17,18)12(14,15)16/h9-11H,4-8H2,1-3H3. The lowest BCUT2D eigenvalue weighted by Gasteiger charge is -2.42. The molecule has 0 saturated heterocycles. The molecule has 0 aliphatic carbocycles. The summed E-state index contributed by atoms with van der Waals surface area (Å²) in [6.07, 6.45) is 6.08. The van der Waals surface area contributed by atoms with Crippen LogP contribution in [-0.2, 0) is 0 Å². The predicted octanol–water partition coefficient (Wildman–Crippen LogP) is 5.61. The molecule has 1 heterocycles. The van der Waals surface area contributed by atoms with Crippen LogP contribution in [-0.4, -0.2) is 37.2 Å². The number of rotatable bonds is 7. The van der Waals surface area contributed by atoms with Gasteiger partial charge in [0.15, 0.2) is 0 Å². The molecule has 3 nitrogen and oxygen atoms in total. The summed E-state index contributed by atoms with van der Waals surface area (Å²) in [5.41, 5.74) is 0. The Morgan fingerprint density at radius 1 is 1.10 bits per heavy atom. The zero-order valence-corrected chi connectivity index (χ0v) is 16.3. The summed E-state index contributed by atoms with van der Waals surface area (Å²) in [7, 11) is 0. The summed E-state index contributed by atoms with van der Waals surface area (Å²) in [4.78, 5) is 1.62. The van der Waals surface area contributed by atoms with Crippen molar-refractivity contribution in [1.82, 2.24) is 9.91 Å².